The summed E-state index contributed by atoms with van der Waals surface area (Å²) in [5, 5.41) is 0. The summed E-state index contributed by atoms with van der Waals surface area (Å²) in [5.41, 5.74) is 3.03. The maximum absolute atomic E-state index is 2.35. The fraction of sp³-hybridized carbons (Fsp3) is 0.647. The van der Waals surface area contributed by atoms with E-state index in [1.54, 1.807) is 0 Å². The predicted octanol–water partition coefficient (Wildman–Crippen LogP) is 5.10. The van der Waals surface area contributed by atoms with Crippen molar-refractivity contribution in [2.45, 2.75) is 53.4 Å². The molecule has 1 aromatic carbocycles. The van der Waals surface area contributed by atoms with Gasteiger partial charge in [0.15, 0.2) is 0 Å². The molecule has 0 radical (unpaired) electrons. The maximum Gasteiger partial charge on any atom is 0.0399 e. The average Bonchev–Trinajstić information content (AvgIpc) is 2.39. The molecular formula is C17H31N. The summed E-state index contributed by atoms with van der Waals surface area (Å²) in [6.45, 7) is 13.3. The maximum atomic E-state index is 2.35. The van der Waals surface area contributed by atoms with Gasteiger partial charge < -0.3 is 4.90 Å². The number of hydrogen-bond donors (Lipinski definition) is 0. The molecule has 0 aliphatic heterocycles. The molecule has 1 atom stereocenters. The Hall–Kier alpha value is -0.980. The zero-order valence-electron chi connectivity index (χ0n) is 13.5. The SMILES string of the molecule is CC.CCC(C)C(C)(C)c1ccccc1N(C)C. The van der Waals surface area contributed by atoms with Crippen molar-refractivity contribution < 1.29 is 0 Å². The normalized spacial score (nSPS) is 12.4. The molecule has 0 aromatic heterocycles. The van der Waals surface area contributed by atoms with E-state index < -0.39 is 0 Å². The van der Waals surface area contributed by atoms with Crippen molar-refractivity contribution in [3.8, 4) is 0 Å². The Balaban J connectivity index is 0.00000137. The van der Waals surface area contributed by atoms with Crippen LogP contribution in [0.5, 0.6) is 0 Å². The van der Waals surface area contributed by atoms with Crippen LogP contribution < -0.4 is 4.90 Å². The first-order valence-corrected chi connectivity index (χ1v) is 7.18. The first-order valence-electron chi connectivity index (χ1n) is 7.18. The lowest BCUT2D eigenvalue weighted by Gasteiger charge is -2.35. The molecule has 104 valence electrons. The van der Waals surface area contributed by atoms with Gasteiger partial charge in [-0.15, -0.1) is 0 Å². The molecule has 1 aromatic rings. The lowest BCUT2D eigenvalue weighted by molar-refractivity contribution is 0.335. The molecule has 1 unspecified atom stereocenters. The van der Waals surface area contributed by atoms with Crippen molar-refractivity contribution in [2.24, 2.45) is 5.92 Å². The Bertz CT molecular complexity index is 339. The highest BCUT2D eigenvalue weighted by molar-refractivity contribution is 5.55. The number of anilines is 1. The van der Waals surface area contributed by atoms with E-state index in [4.69, 9.17) is 0 Å². The van der Waals surface area contributed by atoms with Gasteiger partial charge in [0.2, 0.25) is 0 Å². The molecule has 0 amide bonds. The van der Waals surface area contributed by atoms with Gasteiger partial charge in [-0.05, 0) is 23.0 Å². The number of rotatable bonds is 4. The number of nitrogens with zero attached hydrogens (tertiary/aromatic N) is 1. The fourth-order valence-corrected chi connectivity index (χ4v) is 2.18. The van der Waals surface area contributed by atoms with Gasteiger partial charge in [-0.3, -0.25) is 0 Å². The van der Waals surface area contributed by atoms with E-state index in [2.05, 4.69) is 71.0 Å². The summed E-state index contributed by atoms with van der Waals surface area (Å²) in [7, 11) is 4.23. The van der Waals surface area contributed by atoms with E-state index in [9.17, 15) is 0 Å². The topological polar surface area (TPSA) is 3.24 Å². The number of benzene rings is 1. The van der Waals surface area contributed by atoms with Crippen LogP contribution >= 0.6 is 0 Å². The third kappa shape index (κ3) is 3.76. The van der Waals surface area contributed by atoms with Crippen molar-refractivity contribution in [3.63, 3.8) is 0 Å². The molecule has 0 fully saturated rings. The molecule has 0 spiro atoms. The van der Waals surface area contributed by atoms with Crippen LogP contribution in [-0.2, 0) is 5.41 Å². The third-order valence-corrected chi connectivity index (χ3v) is 3.92. The standard InChI is InChI=1S/C15H25N.C2H6/c1-7-12(2)15(3,4)13-10-8-9-11-14(13)16(5)6;1-2/h8-12H,7H2,1-6H3;1-2H3. The fourth-order valence-electron chi connectivity index (χ4n) is 2.18. The second kappa shape index (κ2) is 7.45. The summed E-state index contributed by atoms with van der Waals surface area (Å²) in [6, 6.07) is 8.74. The van der Waals surface area contributed by atoms with E-state index >= 15 is 0 Å². The second-order valence-electron chi connectivity index (χ2n) is 5.44. The molecule has 0 bridgehead atoms. The van der Waals surface area contributed by atoms with Gasteiger partial charge in [-0.2, -0.15) is 0 Å². The summed E-state index contributed by atoms with van der Waals surface area (Å²) in [5.74, 6) is 0.689. The molecular weight excluding hydrogens is 218 g/mol. The van der Waals surface area contributed by atoms with Crippen molar-refractivity contribution in [2.75, 3.05) is 19.0 Å². The Morgan fingerprint density at radius 2 is 1.61 bits per heavy atom. The molecule has 0 saturated carbocycles. The van der Waals surface area contributed by atoms with Crippen LogP contribution in [-0.4, -0.2) is 14.1 Å². The van der Waals surface area contributed by atoms with Crippen LogP contribution in [0.3, 0.4) is 0 Å². The van der Waals surface area contributed by atoms with Crippen molar-refractivity contribution >= 4 is 5.69 Å². The highest BCUT2D eigenvalue weighted by Crippen LogP contribution is 2.38. The molecule has 0 aliphatic rings. The smallest absolute Gasteiger partial charge is 0.0399 e. The van der Waals surface area contributed by atoms with Gasteiger partial charge in [0, 0.05) is 19.8 Å². The van der Waals surface area contributed by atoms with Crippen molar-refractivity contribution in [1.29, 1.82) is 0 Å². The first-order chi connectivity index (χ1) is 8.41. The highest BCUT2D eigenvalue weighted by atomic mass is 15.1. The molecule has 1 rings (SSSR count). The lowest BCUT2D eigenvalue weighted by Crippen LogP contribution is -2.28. The van der Waals surface area contributed by atoms with Gasteiger partial charge in [0.05, 0.1) is 0 Å². The van der Waals surface area contributed by atoms with Gasteiger partial charge in [0.25, 0.3) is 0 Å². The van der Waals surface area contributed by atoms with Gasteiger partial charge >= 0.3 is 0 Å². The molecule has 18 heavy (non-hydrogen) atoms. The van der Waals surface area contributed by atoms with E-state index in [1.165, 1.54) is 17.7 Å². The van der Waals surface area contributed by atoms with Crippen LogP contribution in [0.1, 0.15) is 53.5 Å². The van der Waals surface area contributed by atoms with Crippen molar-refractivity contribution in [3.05, 3.63) is 29.8 Å². The Morgan fingerprint density at radius 3 is 2.06 bits per heavy atom. The summed E-state index contributed by atoms with van der Waals surface area (Å²) >= 11 is 0. The molecule has 0 aliphatic carbocycles. The van der Waals surface area contributed by atoms with Gasteiger partial charge in [0.1, 0.15) is 0 Å². The first kappa shape index (κ1) is 17.0. The Labute approximate surface area is 114 Å². The van der Waals surface area contributed by atoms with E-state index in [0.717, 1.165) is 0 Å². The van der Waals surface area contributed by atoms with Crippen LogP contribution in [0.2, 0.25) is 0 Å². The highest BCUT2D eigenvalue weighted by Gasteiger charge is 2.29. The van der Waals surface area contributed by atoms with Crippen LogP contribution in [0.15, 0.2) is 24.3 Å². The van der Waals surface area contributed by atoms with Crippen LogP contribution in [0.4, 0.5) is 5.69 Å². The number of hydrogen-bond acceptors (Lipinski definition) is 1. The van der Waals surface area contributed by atoms with Gasteiger partial charge in [-0.1, -0.05) is 66.2 Å². The summed E-state index contributed by atoms with van der Waals surface area (Å²) in [6.07, 6.45) is 1.22. The minimum Gasteiger partial charge on any atom is -0.377 e. The Morgan fingerprint density at radius 1 is 1.11 bits per heavy atom. The monoisotopic (exact) mass is 249 g/mol. The Kier molecular flexibility index (Phi) is 7.05. The molecule has 1 nitrogen and oxygen atoms in total. The molecule has 0 saturated heterocycles. The van der Waals surface area contributed by atoms with Crippen molar-refractivity contribution in [1.82, 2.24) is 0 Å². The van der Waals surface area contributed by atoms with Gasteiger partial charge in [-0.25, -0.2) is 0 Å². The minimum atomic E-state index is 0.232. The molecule has 0 heterocycles. The van der Waals surface area contributed by atoms with Crippen LogP contribution in [0.25, 0.3) is 0 Å². The van der Waals surface area contributed by atoms with Crippen LogP contribution in [0, 0.1) is 5.92 Å². The summed E-state index contributed by atoms with van der Waals surface area (Å²) < 4.78 is 0. The third-order valence-electron chi connectivity index (χ3n) is 3.92. The number of para-hydroxylation sites is 1. The molecule has 1 heteroatoms. The largest absolute Gasteiger partial charge is 0.377 e. The van der Waals surface area contributed by atoms with E-state index in [0.29, 0.717) is 5.92 Å². The lowest BCUT2D eigenvalue weighted by atomic mass is 9.72. The second-order valence-corrected chi connectivity index (χ2v) is 5.44. The minimum absolute atomic E-state index is 0.232. The summed E-state index contributed by atoms with van der Waals surface area (Å²) in [4.78, 5) is 2.21. The zero-order chi connectivity index (χ0) is 14.3. The average molecular weight is 249 g/mol. The zero-order valence-corrected chi connectivity index (χ0v) is 13.5. The predicted molar refractivity (Wildman–Crippen MR) is 84.6 cm³/mol. The van der Waals surface area contributed by atoms with E-state index in [1.807, 2.05) is 13.8 Å². The molecule has 0 N–H and O–H groups in total. The van der Waals surface area contributed by atoms with E-state index in [-0.39, 0.29) is 5.41 Å². The quantitative estimate of drug-likeness (QED) is 0.717.